The van der Waals surface area contributed by atoms with E-state index in [1.807, 2.05) is 0 Å². The summed E-state index contributed by atoms with van der Waals surface area (Å²) < 4.78 is 10.4. The first-order chi connectivity index (χ1) is 13.0. The quantitative estimate of drug-likeness (QED) is 0.448. The second-order valence-corrected chi connectivity index (χ2v) is 7.58. The van der Waals surface area contributed by atoms with E-state index in [0.29, 0.717) is 12.0 Å². The van der Waals surface area contributed by atoms with Gasteiger partial charge in [-0.3, -0.25) is 19.2 Å². The molecule has 0 saturated carbocycles. The normalized spacial score (nSPS) is 23.1. The Hall–Kier alpha value is -2.38. The maximum Gasteiger partial charge on any atom is 0.311 e. The molecule has 1 aliphatic carbocycles. The number of carbonyl (C=O) groups excluding carboxylic acids is 2. The average Bonchev–Trinajstić information content (AvgIpc) is 2.56. The molecule has 0 aromatic heterocycles. The molecule has 0 aromatic carbocycles. The lowest BCUT2D eigenvalue weighted by Crippen LogP contribution is -2.40. The number of hydrogen-bond acceptors (Lipinski definition) is 6. The SMILES string of the molecule is CCC1=CC(C(=O)O)C(C(=O)O)CC1C(CC(=O)OC(C)C)C(=O)OC(C)C. The van der Waals surface area contributed by atoms with Crippen LogP contribution in [0.5, 0.6) is 0 Å². The molecule has 0 radical (unpaired) electrons. The van der Waals surface area contributed by atoms with Gasteiger partial charge in [-0.25, -0.2) is 0 Å². The number of carboxylic acid groups (broad SMARTS) is 2. The molecule has 8 nitrogen and oxygen atoms in total. The van der Waals surface area contributed by atoms with Crippen molar-refractivity contribution in [2.24, 2.45) is 23.7 Å². The Morgan fingerprint density at radius 3 is 2.04 bits per heavy atom. The summed E-state index contributed by atoms with van der Waals surface area (Å²) in [4.78, 5) is 48.1. The minimum Gasteiger partial charge on any atom is -0.481 e. The van der Waals surface area contributed by atoms with E-state index >= 15 is 0 Å². The summed E-state index contributed by atoms with van der Waals surface area (Å²) in [6.45, 7) is 8.54. The molecule has 0 heterocycles. The van der Waals surface area contributed by atoms with Crippen LogP contribution in [0.4, 0.5) is 0 Å². The molecule has 1 rings (SSSR count). The van der Waals surface area contributed by atoms with Gasteiger partial charge in [-0.1, -0.05) is 18.6 Å². The fourth-order valence-corrected chi connectivity index (χ4v) is 3.54. The Morgan fingerprint density at radius 2 is 1.61 bits per heavy atom. The molecule has 0 aromatic rings. The molecule has 2 N–H and O–H groups in total. The van der Waals surface area contributed by atoms with Gasteiger partial charge in [0.25, 0.3) is 0 Å². The van der Waals surface area contributed by atoms with Gasteiger partial charge in [-0.05, 0) is 46.5 Å². The molecule has 0 bridgehead atoms. The fraction of sp³-hybridized carbons (Fsp3) is 0.700. The lowest BCUT2D eigenvalue weighted by Gasteiger charge is -2.35. The molecule has 28 heavy (non-hydrogen) atoms. The Kier molecular flexibility index (Phi) is 8.65. The van der Waals surface area contributed by atoms with Crippen molar-refractivity contribution in [3.05, 3.63) is 11.6 Å². The van der Waals surface area contributed by atoms with E-state index < -0.39 is 53.7 Å². The standard InChI is InChI=1S/C20H30O8/c1-6-12-7-14(18(22)23)15(19(24)25)8-13(12)16(20(26)28-11(4)5)9-17(21)27-10(2)3/h7,10-11,13-16H,6,8-9H2,1-5H3,(H,22,23)(H,24,25). The van der Waals surface area contributed by atoms with Gasteiger partial charge in [0.05, 0.1) is 36.4 Å². The number of aliphatic carboxylic acids is 2. The monoisotopic (exact) mass is 398 g/mol. The third-order valence-electron chi connectivity index (χ3n) is 4.72. The third kappa shape index (κ3) is 6.35. The molecule has 0 spiro atoms. The zero-order chi connectivity index (χ0) is 21.6. The molecule has 0 saturated heterocycles. The summed E-state index contributed by atoms with van der Waals surface area (Å²) in [7, 11) is 0. The van der Waals surface area contributed by atoms with Gasteiger partial charge in [0.2, 0.25) is 0 Å². The largest absolute Gasteiger partial charge is 0.481 e. The Labute approximate surface area is 164 Å². The Balaban J connectivity index is 3.29. The van der Waals surface area contributed by atoms with Gasteiger partial charge in [0.15, 0.2) is 0 Å². The van der Waals surface area contributed by atoms with Crippen molar-refractivity contribution in [2.75, 3.05) is 0 Å². The zero-order valence-corrected chi connectivity index (χ0v) is 17.0. The smallest absolute Gasteiger partial charge is 0.311 e. The van der Waals surface area contributed by atoms with Crippen LogP contribution in [0.3, 0.4) is 0 Å². The molecule has 0 amide bonds. The summed E-state index contributed by atoms with van der Waals surface area (Å²) in [6, 6.07) is 0. The van der Waals surface area contributed by atoms with Gasteiger partial charge in [0.1, 0.15) is 0 Å². The lowest BCUT2D eigenvalue weighted by molar-refractivity contribution is -0.162. The number of esters is 2. The molecule has 0 aliphatic heterocycles. The van der Waals surface area contributed by atoms with E-state index in [1.165, 1.54) is 6.08 Å². The maximum atomic E-state index is 12.7. The number of allylic oxidation sites excluding steroid dienone is 1. The molecular formula is C20H30O8. The second kappa shape index (κ2) is 10.2. The van der Waals surface area contributed by atoms with Gasteiger partial charge in [-0.2, -0.15) is 0 Å². The van der Waals surface area contributed by atoms with Crippen LogP contribution < -0.4 is 0 Å². The molecular weight excluding hydrogens is 368 g/mol. The summed E-state index contributed by atoms with van der Waals surface area (Å²) >= 11 is 0. The van der Waals surface area contributed by atoms with Crippen LogP contribution in [0.15, 0.2) is 11.6 Å². The van der Waals surface area contributed by atoms with Crippen molar-refractivity contribution in [1.82, 2.24) is 0 Å². The lowest BCUT2D eigenvalue weighted by atomic mass is 9.68. The maximum absolute atomic E-state index is 12.7. The first kappa shape index (κ1) is 23.7. The van der Waals surface area contributed by atoms with Crippen molar-refractivity contribution in [2.45, 2.75) is 66.1 Å². The predicted octanol–water partition coefficient (Wildman–Crippen LogP) is 2.65. The summed E-state index contributed by atoms with van der Waals surface area (Å²) in [5.41, 5.74) is 0.646. The van der Waals surface area contributed by atoms with E-state index in [1.54, 1.807) is 34.6 Å². The van der Waals surface area contributed by atoms with Crippen LogP contribution in [-0.4, -0.2) is 46.3 Å². The van der Waals surface area contributed by atoms with Crippen LogP contribution in [0.1, 0.15) is 53.9 Å². The van der Waals surface area contributed by atoms with Gasteiger partial charge in [0, 0.05) is 0 Å². The third-order valence-corrected chi connectivity index (χ3v) is 4.72. The van der Waals surface area contributed by atoms with Crippen molar-refractivity contribution in [3.63, 3.8) is 0 Å². The predicted molar refractivity (Wildman–Crippen MR) is 99.3 cm³/mol. The first-order valence-corrected chi connectivity index (χ1v) is 9.54. The highest BCUT2D eigenvalue weighted by Crippen LogP contribution is 2.41. The highest BCUT2D eigenvalue weighted by Gasteiger charge is 2.44. The van der Waals surface area contributed by atoms with Crippen molar-refractivity contribution >= 4 is 23.9 Å². The zero-order valence-electron chi connectivity index (χ0n) is 17.0. The number of ether oxygens (including phenoxy) is 2. The van der Waals surface area contributed by atoms with Gasteiger partial charge < -0.3 is 19.7 Å². The summed E-state index contributed by atoms with van der Waals surface area (Å²) in [5.74, 6) is -7.56. The van der Waals surface area contributed by atoms with Crippen molar-refractivity contribution in [1.29, 1.82) is 0 Å². The molecule has 4 unspecified atom stereocenters. The highest BCUT2D eigenvalue weighted by atomic mass is 16.5. The fourth-order valence-electron chi connectivity index (χ4n) is 3.54. The van der Waals surface area contributed by atoms with Crippen LogP contribution in [0.2, 0.25) is 0 Å². The van der Waals surface area contributed by atoms with Crippen LogP contribution in [-0.2, 0) is 28.7 Å². The number of carbonyl (C=O) groups is 4. The molecule has 0 fully saturated rings. The van der Waals surface area contributed by atoms with Crippen LogP contribution in [0, 0.1) is 23.7 Å². The molecule has 8 heteroatoms. The van der Waals surface area contributed by atoms with Crippen LogP contribution in [0.25, 0.3) is 0 Å². The van der Waals surface area contributed by atoms with Gasteiger partial charge in [-0.15, -0.1) is 0 Å². The summed E-state index contributed by atoms with van der Waals surface area (Å²) in [5, 5.41) is 18.9. The number of rotatable bonds is 9. The topological polar surface area (TPSA) is 127 Å². The van der Waals surface area contributed by atoms with Crippen molar-refractivity contribution < 1.29 is 38.9 Å². The van der Waals surface area contributed by atoms with E-state index in [4.69, 9.17) is 9.47 Å². The molecule has 1 aliphatic rings. The highest BCUT2D eigenvalue weighted by molar-refractivity contribution is 5.84. The van der Waals surface area contributed by atoms with E-state index in [0.717, 1.165) is 0 Å². The molecule has 158 valence electrons. The first-order valence-electron chi connectivity index (χ1n) is 9.54. The Bertz CT molecular complexity index is 634. The van der Waals surface area contributed by atoms with Crippen molar-refractivity contribution in [3.8, 4) is 0 Å². The minimum absolute atomic E-state index is 0.0568. The van der Waals surface area contributed by atoms with E-state index in [-0.39, 0.29) is 18.9 Å². The van der Waals surface area contributed by atoms with Gasteiger partial charge >= 0.3 is 23.9 Å². The Morgan fingerprint density at radius 1 is 1.04 bits per heavy atom. The van der Waals surface area contributed by atoms with E-state index in [9.17, 15) is 29.4 Å². The van der Waals surface area contributed by atoms with Crippen LogP contribution >= 0.6 is 0 Å². The number of carboxylic acids is 2. The number of hydrogen-bond donors (Lipinski definition) is 2. The van der Waals surface area contributed by atoms with E-state index in [2.05, 4.69) is 0 Å². The average molecular weight is 398 g/mol. The summed E-state index contributed by atoms with van der Waals surface area (Å²) in [6.07, 6.45) is 0.777. The molecule has 4 atom stereocenters. The second-order valence-electron chi connectivity index (χ2n) is 7.58. The minimum atomic E-state index is -1.25.